The van der Waals surface area contributed by atoms with Crippen molar-refractivity contribution in [2.75, 3.05) is 6.61 Å². The third-order valence-electron chi connectivity index (χ3n) is 16.3. The molecule has 0 aromatic heterocycles. The Labute approximate surface area is 394 Å². The number of carbonyl (C=O) groups excluding carboxylic acids is 6. The van der Waals surface area contributed by atoms with Crippen molar-refractivity contribution in [1.29, 1.82) is 0 Å². The molecule has 0 radical (unpaired) electrons. The van der Waals surface area contributed by atoms with Crippen molar-refractivity contribution < 1.29 is 66.7 Å². The SMILES string of the molecule is CC[Si](CC)(CC)O[C@H]1C[C@H]2OC[C@@]2(OC(C)=O)[C@H]2[C@H](OC(=O)c3ccccc3)[C@]3(O)C[C@H](OC(=O)CC(=O)C4CCCCC4)C(C)=C([C@@H](OC(=O)OCc4ccccc4)C(=O)[C@]12C)C3(C)C. The molecule has 7 rings (SSSR count). The van der Waals surface area contributed by atoms with E-state index in [-0.39, 0.29) is 48.9 Å². The molecule has 0 spiro atoms. The number of ketones is 2. The average molecular weight is 945 g/mol. The molecule has 15 heteroatoms. The number of ether oxygens (including phenoxy) is 6. The Morgan fingerprint density at radius 1 is 0.851 bits per heavy atom. The van der Waals surface area contributed by atoms with E-state index in [2.05, 4.69) is 20.8 Å². The van der Waals surface area contributed by atoms with Gasteiger partial charge in [0.15, 0.2) is 25.8 Å². The lowest BCUT2D eigenvalue weighted by Gasteiger charge is -2.68. The van der Waals surface area contributed by atoms with Gasteiger partial charge in [-0.25, -0.2) is 9.59 Å². The molecule has 4 fully saturated rings. The van der Waals surface area contributed by atoms with Gasteiger partial charge in [0.05, 0.1) is 29.6 Å². The number of benzene rings is 2. The molecule has 2 aromatic carbocycles. The van der Waals surface area contributed by atoms with Crippen LogP contribution in [0.25, 0.3) is 0 Å². The number of fused-ring (bicyclic) bond motifs is 5. The van der Waals surface area contributed by atoms with Gasteiger partial charge in [-0.05, 0) is 73.7 Å². The van der Waals surface area contributed by atoms with E-state index in [9.17, 15) is 29.1 Å². The fraction of sp³-hybridized carbons (Fsp3) is 0.615. The molecule has 9 atom stereocenters. The number of carbonyl (C=O) groups is 6. The number of aliphatic hydroxyl groups is 1. The van der Waals surface area contributed by atoms with Gasteiger partial charge in [0, 0.05) is 31.1 Å². The minimum atomic E-state index is -2.64. The molecule has 2 bridgehead atoms. The Bertz CT molecular complexity index is 2210. The van der Waals surface area contributed by atoms with Crippen LogP contribution in [-0.2, 0) is 58.6 Å². The van der Waals surface area contributed by atoms with E-state index in [0.717, 1.165) is 19.3 Å². The van der Waals surface area contributed by atoms with Gasteiger partial charge in [0.25, 0.3) is 0 Å². The van der Waals surface area contributed by atoms with Crippen LogP contribution in [0.3, 0.4) is 0 Å². The maximum absolute atomic E-state index is 16.5. The van der Waals surface area contributed by atoms with Gasteiger partial charge < -0.3 is 38.0 Å². The molecule has 0 unspecified atom stereocenters. The molecule has 5 aliphatic rings. The minimum absolute atomic E-state index is 0.0837. The first-order chi connectivity index (χ1) is 31.8. The Morgan fingerprint density at radius 2 is 1.48 bits per heavy atom. The van der Waals surface area contributed by atoms with Crippen LogP contribution in [0.1, 0.15) is 123 Å². The molecular weight excluding hydrogens is 877 g/mol. The summed E-state index contributed by atoms with van der Waals surface area (Å²) in [6.07, 6.45) is -4.49. The normalized spacial score (nSPS) is 31.4. The van der Waals surface area contributed by atoms with Crippen molar-refractivity contribution in [2.24, 2.45) is 22.7 Å². The monoisotopic (exact) mass is 944 g/mol. The van der Waals surface area contributed by atoms with Crippen molar-refractivity contribution in [2.45, 2.75) is 173 Å². The first kappa shape index (κ1) is 50.2. The first-order valence-electron chi connectivity index (χ1n) is 24.1. The molecule has 1 aliphatic heterocycles. The zero-order valence-electron chi connectivity index (χ0n) is 40.3. The molecule has 1 saturated heterocycles. The first-order valence-corrected chi connectivity index (χ1v) is 26.7. The number of hydrogen-bond donors (Lipinski definition) is 1. The van der Waals surface area contributed by atoms with Crippen LogP contribution in [0.5, 0.6) is 0 Å². The van der Waals surface area contributed by atoms with Gasteiger partial charge in [0.2, 0.25) is 0 Å². The fourth-order valence-electron chi connectivity index (χ4n) is 12.1. The Hall–Kier alpha value is -4.70. The summed E-state index contributed by atoms with van der Waals surface area (Å²) in [6.45, 7) is 13.6. The second kappa shape index (κ2) is 19.7. The lowest BCUT2D eigenvalue weighted by molar-refractivity contribution is -0.344. The quantitative estimate of drug-likeness (QED) is 0.0588. The topological polar surface area (TPSA) is 187 Å². The van der Waals surface area contributed by atoms with E-state index in [1.165, 1.54) is 6.92 Å². The van der Waals surface area contributed by atoms with Crippen molar-refractivity contribution in [3.63, 3.8) is 0 Å². The number of esters is 3. The van der Waals surface area contributed by atoms with Gasteiger partial charge in [-0.2, -0.15) is 0 Å². The van der Waals surface area contributed by atoms with Crippen LogP contribution in [0.15, 0.2) is 71.8 Å². The van der Waals surface area contributed by atoms with Crippen LogP contribution < -0.4 is 0 Å². The summed E-state index contributed by atoms with van der Waals surface area (Å²) in [6, 6.07) is 19.2. The van der Waals surface area contributed by atoms with E-state index in [0.29, 0.717) is 42.1 Å². The Morgan fingerprint density at radius 3 is 2.06 bits per heavy atom. The molecule has 3 saturated carbocycles. The maximum atomic E-state index is 16.5. The molecule has 0 amide bonds. The lowest BCUT2D eigenvalue weighted by Crippen LogP contribution is -2.82. The molecule has 364 valence electrons. The largest absolute Gasteiger partial charge is 0.509 e. The second-order valence-electron chi connectivity index (χ2n) is 20.1. The highest BCUT2D eigenvalue weighted by molar-refractivity contribution is 6.73. The van der Waals surface area contributed by atoms with E-state index in [4.69, 9.17) is 32.8 Å². The second-order valence-corrected chi connectivity index (χ2v) is 24.8. The predicted octanol–water partition coefficient (Wildman–Crippen LogP) is 8.56. The summed E-state index contributed by atoms with van der Waals surface area (Å²) in [5, 5.41) is 14.1. The van der Waals surface area contributed by atoms with Gasteiger partial charge in [-0.1, -0.05) is 102 Å². The average Bonchev–Trinajstić information content (AvgIpc) is 3.31. The molecule has 1 N–H and O–H groups in total. The molecule has 67 heavy (non-hydrogen) atoms. The summed E-state index contributed by atoms with van der Waals surface area (Å²) in [4.78, 5) is 86.2. The smallest absolute Gasteiger partial charge is 0.457 e. The van der Waals surface area contributed by atoms with Gasteiger partial charge in [-0.15, -0.1) is 0 Å². The van der Waals surface area contributed by atoms with Crippen LogP contribution in [-0.4, -0.2) is 97.4 Å². The molecule has 4 aliphatic carbocycles. The lowest BCUT2D eigenvalue weighted by atomic mass is 9.44. The van der Waals surface area contributed by atoms with Crippen molar-refractivity contribution in [3.8, 4) is 0 Å². The Kier molecular flexibility index (Phi) is 14.8. The highest BCUT2D eigenvalue weighted by Crippen LogP contribution is 2.65. The zero-order chi connectivity index (χ0) is 48.5. The van der Waals surface area contributed by atoms with Gasteiger partial charge >= 0.3 is 24.1 Å². The molecule has 14 nitrogen and oxygen atoms in total. The highest BCUT2D eigenvalue weighted by atomic mass is 28.4. The van der Waals surface area contributed by atoms with Crippen molar-refractivity contribution >= 4 is 43.9 Å². The maximum Gasteiger partial charge on any atom is 0.509 e. The van der Waals surface area contributed by atoms with E-state index in [1.54, 1.807) is 82.3 Å². The number of Topliss-reactive ketones (excluding diaryl/α,β-unsaturated/α-hetero) is 2. The number of rotatable bonds is 15. The molecular formula is C52H68O14Si. The summed E-state index contributed by atoms with van der Waals surface area (Å²) < 4.78 is 44.8. The van der Waals surface area contributed by atoms with Crippen molar-refractivity contribution in [3.05, 3.63) is 82.9 Å². The van der Waals surface area contributed by atoms with Crippen molar-refractivity contribution in [1.82, 2.24) is 0 Å². The summed E-state index contributed by atoms with van der Waals surface area (Å²) >= 11 is 0. The standard InChI is InChI=1S/C52H68O14Si/c1-9-67(10-2,11-3)66-39-28-40-51(31-61-40,65-33(5)53)44-46(64-47(57)36-25-19-14-20-26-36)52(59)29-38(62-41(55)27-37(54)35-23-17-13-18-24-35)32(4)42(49(52,6)7)43(45(56)50(39,44)8)63-48(58)60-30-34-21-15-12-16-22-34/h12,14-16,19-22,25-26,35,38-40,43-44,46,59H,9-11,13,17-18,23-24,27-31H2,1-8H3/t38-,39-,40+,43+,44-,46-,50+,51-,52+/m0/s1. The van der Waals surface area contributed by atoms with Gasteiger partial charge in [-0.3, -0.25) is 19.2 Å². The summed E-state index contributed by atoms with van der Waals surface area (Å²) in [5.41, 5.74) is -6.20. The summed E-state index contributed by atoms with van der Waals surface area (Å²) in [5.74, 6) is -4.95. The molecule has 1 heterocycles. The predicted molar refractivity (Wildman–Crippen MR) is 247 cm³/mol. The van der Waals surface area contributed by atoms with E-state index in [1.807, 2.05) is 6.07 Å². The third kappa shape index (κ3) is 9.17. The third-order valence-corrected chi connectivity index (χ3v) is 20.9. The molecule has 2 aromatic rings. The highest BCUT2D eigenvalue weighted by Gasteiger charge is 2.79. The minimum Gasteiger partial charge on any atom is -0.457 e. The van der Waals surface area contributed by atoms with E-state index >= 15 is 4.79 Å². The number of hydrogen-bond acceptors (Lipinski definition) is 14. The van der Waals surface area contributed by atoms with Crippen LogP contribution in [0.4, 0.5) is 4.79 Å². The van der Waals surface area contributed by atoms with Crippen LogP contribution in [0, 0.1) is 22.7 Å². The van der Waals surface area contributed by atoms with Crippen LogP contribution >= 0.6 is 0 Å². The van der Waals surface area contributed by atoms with Crippen LogP contribution in [0.2, 0.25) is 18.1 Å². The van der Waals surface area contributed by atoms with Gasteiger partial charge in [0.1, 0.15) is 42.7 Å². The Balaban J connectivity index is 1.46. The van der Waals surface area contributed by atoms with E-state index < -0.39 is 103 Å². The summed E-state index contributed by atoms with van der Waals surface area (Å²) in [7, 11) is -2.64. The fourth-order valence-corrected chi connectivity index (χ4v) is 15.0. The zero-order valence-corrected chi connectivity index (χ0v) is 41.3.